The monoisotopic (exact) mass is 407 g/mol. The molecule has 0 atom stereocenters. The van der Waals surface area contributed by atoms with E-state index in [9.17, 15) is 9.59 Å². The van der Waals surface area contributed by atoms with Crippen LogP contribution in [-0.4, -0.2) is 18.4 Å². The maximum atomic E-state index is 12.4. The van der Waals surface area contributed by atoms with Crippen LogP contribution in [0, 0.1) is 0 Å². The molecule has 3 aromatic carbocycles. The van der Waals surface area contributed by atoms with Crippen LogP contribution in [0.3, 0.4) is 0 Å². The van der Waals surface area contributed by atoms with E-state index >= 15 is 0 Å². The maximum absolute atomic E-state index is 12.4. The molecule has 0 aliphatic heterocycles. The highest BCUT2D eigenvalue weighted by Crippen LogP contribution is 2.14. The smallest absolute Gasteiger partial charge is 0.251 e. The van der Waals surface area contributed by atoms with Crippen LogP contribution in [0.2, 0.25) is 5.02 Å². The molecule has 0 spiro atoms. The first-order valence-corrected chi connectivity index (χ1v) is 9.66. The van der Waals surface area contributed by atoms with Crippen molar-refractivity contribution in [2.45, 2.75) is 13.1 Å². The van der Waals surface area contributed by atoms with Crippen molar-refractivity contribution in [3.63, 3.8) is 0 Å². The number of halogens is 1. The first-order chi connectivity index (χ1) is 14.1. The molecule has 0 radical (unpaired) electrons. The Hall–Kier alpha value is -3.15. The fraction of sp³-hybridized carbons (Fsp3) is 0.130. The Morgan fingerprint density at radius 3 is 2.38 bits per heavy atom. The van der Waals surface area contributed by atoms with Gasteiger partial charge in [-0.05, 0) is 35.4 Å². The topological polar surface area (TPSA) is 70.2 Å². The van der Waals surface area contributed by atoms with Crippen molar-refractivity contribution >= 4 is 29.1 Å². The van der Waals surface area contributed by atoms with Gasteiger partial charge in [0.1, 0.15) is 0 Å². The van der Waals surface area contributed by atoms with E-state index in [1.807, 2.05) is 54.6 Å². The number of carbonyl (C=O) groups excluding carboxylic acids is 2. The van der Waals surface area contributed by atoms with E-state index in [1.54, 1.807) is 24.3 Å². The lowest BCUT2D eigenvalue weighted by molar-refractivity contribution is -0.115. The van der Waals surface area contributed by atoms with Crippen molar-refractivity contribution in [3.05, 3.63) is 101 Å². The van der Waals surface area contributed by atoms with Crippen LogP contribution in [0.1, 0.15) is 21.5 Å². The Balaban J connectivity index is 1.49. The molecule has 6 heteroatoms. The summed E-state index contributed by atoms with van der Waals surface area (Å²) in [6.07, 6.45) is 0. The third-order valence-corrected chi connectivity index (χ3v) is 4.63. The Kier molecular flexibility index (Phi) is 7.39. The molecule has 0 heterocycles. The van der Waals surface area contributed by atoms with Crippen LogP contribution in [0.25, 0.3) is 0 Å². The molecule has 29 heavy (non-hydrogen) atoms. The van der Waals surface area contributed by atoms with Gasteiger partial charge in [0.25, 0.3) is 5.91 Å². The normalized spacial score (nSPS) is 10.4. The highest BCUT2D eigenvalue weighted by molar-refractivity contribution is 6.31. The fourth-order valence-electron chi connectivity index (χ4n) is 2.78. The molecule has 0 aliphatic rings. The van der Waals surface area contributed by atoms with Crippen LogP contribution in [0.4, 0.5) is 5.69 Å². The van der Waals surface area contributed by atoms with Gasteiger partial charge in [-0.2, -0.15) is 0 Å². The molecular weight excluding hydrogens is 386 g/mol. The fourth-order valence-corrected chi connectivity index (χ4v) is 2.98. The summed E-state index contributed by atoms with van der Waals surface area (Å²) in [6, 6.07) is 24.0. The molecule has 148 valence electrons. The highest BCUT2D eigenvalue weighted by atomic mass is 35.5. The van der Waals surface area contributed by atoms with Gasteiger partial charge in [0.05, 0.1) is 6.54 Å². The minimum absolute atomic E-state index is 0.135. The second kappa shape index (κ2) is 10.4. The van der Waals surface area contributed by atoms with Crippen molar-refractivity contribution in [3.8, 4) is 0 Å². The Morgan fingerprint density at radius 2 is 1.59 bits per heavy atom. The van der Waals surface area contributed by atoms with Crippen LogP contribution in [-0.2, 0) is 17.9 Å². The van der Waals surface area contributed by atoms with Crippen molar-refractivity contribution < 1.29 is 9.59 Å². The molecule has 0 saturated heterocycles. The average molecular weight is 408 g/mol. The zero-order valence-corrected chi connectivity index (χ0v) is 16.6. The lowest BCUT2D eigenvalue weighted by Gasteiger charge is -2.10. The molecule has 3 aromatic rings. The lowest BCUT2D eigenvalue weighted by Crippen LogP contribution is -2.28. The third kappa shape index (κ3) is 6.45. The molecular formula is C23H22ClN3O2. The molecule has 0 fully saturated rings. The number of anilines is 1. The summed E-state index contributed by atoms with van der Waals surface area (Å²) in [5.74, 6) is -0.388. The summed E-state index contributed by atoms with van der Waals surface area (Å²) >= 11 is 6.10. The van der Waals surface area contributed by atoms with Gasteiger partial charge >= 0.3 is 0 Å². The predicted molar refractivity (Wildman–Crippen MR) is 116 cm³/mol. The first-order valence-electron chi connectivity index (χ1n) is 9.28. The van der Waals surface area contributed by atoms with E-state index in [2.05, 4.69) is 16.0 Å². The van der Waals surface area contributed by atoms with Gasteiger partial charge in [0, 0.05) is 29.4 Å². The van der Waals surface area contributed by atoms with Crippen molar-refractivity contribution in [1.29, 1.82) is 0 Å². The van der Waals surface area contributed by atoms with E-state index < -0.39 is 0 Å². The number of amides is 2. The second-order valence-electron chi connectivity index (χ2n) is 6.49. The Labute approximate surface area is 175 Å². The molecule has 0 saturated carbocycles. The standard InChI is InChI=1S/C23H22ClN3O2/c24-21-12-5-4-9-19(21)15-25-16-22(28)27-20-11-6-10-18(13-20)23(29)26-14-17-7-2-1-3-8-17/h1-13,25H,14-16H2,(H,26,29)(H,27,28). The van der Waals surface area contributed by atoms with Crippen LogP contribution in [0.15, 0.2) is 78.9 Å². The number of hydrogen-bond donors (Lipinski definition) is 3. The summed E-state index contributed by atoms with van der Waals surface area (Å²) in [7, 11) is 0. The molecule has 0 aliphatic carbocycles. The van der Waals surface area contributed by atoms with E-state index in [4.69, 9.17) is 11.6 Å². The van der Waals surface area contributed by atoms with Gasteiger partial charge in [-0.1, -0.05) is 66.2 Å². The molecule has 2 amide bonds. The van der Waals surface area contributed by atoms with Gasteiger partial charge in [-0.15, -0.1) is 0 Å². The number of benzene rings is 3. The molecule has 5 nitrogen and oxygen atoms in total. The number of carbonyl (C=O) groups is 2. The number of rotatable bonds is 8. The van der Waals surface area contributed by atoms with Gasteiger partial charge in [0.2, 0.25) is 5.91 Å². The molecule has 3 N–H and O–H groups in total. The van der Waals surface area contributed by atoms with Gasteiger partial charge in [0.15, 0.2) is 0 Å². The van der Waals surface area contributed by atoms with Crippen molar-refractivity contribution in [2.75, 3.05) is 11.9 Å². The van der Waals surface area contributed by atoms with E-state index in [1.165, 1.54) is 0 Å². The lowest BCUT2D eigenvalue weighted by atomic mass is 10.1. The van der Waals surface area contributed by atoms with E-state index in [0.29, 0.717) is 29.4 Å². The van der Waals surface area contributed by atoms with Gasteiger partial charge in [-0.25, -0.2) is 0 Å². The predicted octanol–water partition coefficient (Wildman–Crippen LogP) is 4.00. The summed E-state index contributed by atoms with van der Waals surface area (Å²) < 4.78 is 0. The van der Waals surface area contributed by atoms with E-state index in [0.717, 1.165) is 11.1 Å². The third-order valence-electron chi connectivity index (χ3n) is 4.26. The van der Waals surface area contributed by atoms with Crippen LogP contribution >= 0.6 is 11.6 Å². The van der Waals surface area contributed by atoms with Crippen molar-refractivity contribution in [2.24, 2.45) is 0 Å². The van der Waals surface area contributed by atoms with Crippen LogP contribution < -0.4 is 16.0 Å². The summed E-state index contributed by atoms with van der Waals surface area (Å²) in [5.41, 5.74) is 3.01. The number of hydrogen-bond acceptors (Lipinski definition) is 3. The zero-order chi connectivity index (χ0) is 20.5. The molecule has 0 bridgehead atoms. The minimum atomic E-state index is -0.195. The van der Waals surface area contributed by atoms with E-state index in [-0.39, 0.29) is 18.4 Å². The second-order valence-corrected chi connectivity index (χ2v) is 6.90. The number of nitrogens with one attached hydrogen (secondary N) is 3. The largest absolute Gasteiger partial charge is 0.348 e. The highest BCUT2D eigenvalue weighted by Gasteiger charge is 2.08. The Morgan fingerprint density at radius 1 is 0.828 bits per heavy atom. The van der Waals surface area contributed by atoms with Gasteiger partial charge < -0.3 is 16.0 Å². The summed E-state index contributed by atoms with van der Waals surface area (Å²) in [4.78, 5) is 24.5. The zero-order valence-electron chi connectivity index (χ0n) is 15.8. The van der Waals surface area contributed by atoms with Gasteiger partial charge in [-0.3, -0.25) is 9.59 Å². The SMILES string of the molecule is O=C(CNCc1ccccc1Cl)Nc1cccc(C(=O)NCc2ccccc2)c1. The molecule has 0 aromatic heterocycles. The quantitative estimate of drug-likeness (QED) is 0.528. The first kappa shape index (κ1) is 20.6. The van der Waals surface area contributed by atoms with Crippen molar-refractivity contribution in [1.82, 2.24) is 10.6 Å². The summed E-state index contributed by atoms with van der Waals surface area (Å²) in [6.45, 7) is 1.08. The molecule has 3 rings (SSSR count). The van der Waals surface area contributed by atoms with Crippen LogP contribution in [0.5, 0.6) is 0 Å². The minimum Gasteiger partial charge on any atom is -0.348 e. The average Bonchev–Trinajstić information content (AvgIpc) is 2.74. The summed E-state index contributed by atoms with van der Waals surface area (Å²) in [5, 5.41) is 9.40. The Bertz CT molecular complexity index is 977. The molecule has 0 unspecified atom stereocenters. The maximum Gasteiger partial charge on any atom is 0.251 e.